The molecule has 0 fully saturated rings. The van der Waals surface area contributed by atoms with Gasteiger partial charge in [0.1, 0.15) is 6.10 Å². The smallest absolute Gasteiger partial charge is 0.407 e. The Kier molecular flexibility index (Phi) is 4.58. The number of fused-ring (bicyclic) bond motifs is 9. The Hall–Kier alpha value is -4.00. The molecule has 0 radical (unpaired) electrons. The second-order valence-electron chi connectivity index (χ2n) is 10.2. The quantitative estimate of drug-likeness (QED) is 0.353. The first-order valence-electron chi connectivity index (χ1n) is 12.7. The molecular formula is C29H28N4O3. The van der Waals surface area contributed by atoms with Crippen LogP contribution in [0.15, 0.2) is 48.5 Å². The molecule has 7 rings (SSSR count). The fraction of sp³-hybridized carbons (Fsp3) is 0.310. The van der Waals surface area contributed by atoms with Gasteiger partial charge in [0.2, 0.25) is 0 Å². The highest BCUT2D eigenvalue weighted by atomic mass is 16.6. The molecular weight excluding hydrogens is 452 g/mol. The Labute approximate surface area is 208 Å². The van der Waals surface area contributed by atoms with Gasteiger partial charge >= 0.3 is 6.09 Å². The molecule has 5 aromatic rings. The molecule has 1 unspecified atom stereocenters. The lowest BCUT2D eigenvalue weighted by Gasteiger charge is -2.19. The van der Waals surface area contributed by atoms with E-state index in [1.165, 1.54) is 5.52 Å². The van der Waals surface area contributed by atoms with Crippen molar-refractivity contribution in [2.75, 3.05) is 0 Å². The topological polar surface area (TPSA) is 77.3 Å². The largest absolute Gasteiger partial charge is 0.446 e. The first-order valence-corrected chi connectivity index (χ1v) is 12.7. The normalized spacial score (nSPS) is 17.5. The monoisotopic (exact) mass is 480 g/mol. The highest BCUT2D eigenvalue weighted by Crippen LogP contribution is 2.45. The van der Waals surface area contributed by atoms with Gasteiger partial charge in [-0.15, -0.1) is 0 Å². The van der Waals surface area contributed by atoms with E-state index in [0.29, 0.717) is 19.5 Å². The Morgan fingerprint density at radius 2 is 1.53 bits per heavy atom. The number of nitrogens with one attached hydrogen (secondary N) is 2. The number of amides is 2. The van der Waals surface area contributed by atoms with E-state index in [0.717, 1.165) is 62.2 Å². The highest BCUT2D eigenvalue weighted by molar-refractivity contribution is 6.30. The molecule has 1 atom stereocenters. The van der Waals surface area contributed by atoms with E-state index in [2.05, 4.69) is 62.2 Å². The lowest BCUT2D eigenvalue weighted by molar-refractivity contribution is 0.0815. The van der Waals surface area contributed by atoms with Crippen molar-refractivity contribution < 1.29 is 14.3 Å². The summed E-state index contributed by atoms with van der Waals surface area (Å²) in [7, 11) is 0. The summed E-state index contributed by atoms with van der Waals surface area (Å²) >= 11 is 0. The number of hydrogen-bond acceptors (Lipinski definition) is 3. The van der Waals surface area contributed by atoms with Gasteiger partial charge in [0.25, 0.3) is 5.91 Å². The third-order valence-corrected chi connectivity index (χ3v) is 7.70. The minimum absolute atomic E-state index is 0.00178. The van der Waals surface area contributed by atoms with Crippen LogP contribution in [0.2, 0.25) is 0 Å². The number of aromatic nitrogens is 2. The van der Waals surface area contributed by atoms with E-state index in [-0.39, 0.29) is 24.1 Å². The average Bonchev–Trinajstić information content (AvgIpc) is 3.51. The van der Waals surface area contributed by atoms with Crippen molar-refractivity contribution in [1.82, 2.24) is 19.8 Å². The van der Waals surface area contributed by atoms with E-state index in [1.54, 1.807) is 0 Å². The third-order valence-electron chi connectivity index (χ3n) is 7.70. The Morgan fingerprint density at radius 1 is 0.944 bits per heavy atom. The van der Waals surface area contributed by atoms with Crippen molar-refractivity contribution >= 4 is 55.6 Å². The van der Waals surface area contributed by atoms with Gasteiger partial charge < -0.3 is 24.5 Å². The molecule has 0 spiro atoms. The van der Waals surface area contributed by atoms with Gasteiger partial charge in [0.05, 0.1) is 16.6 Å². The van der Waals surface area contributed by atoms with Gasteiger partial charge in [-0.3, -0.25) is 4.79 Å². The van der Waals surface area contributed by atoms with Crippen LogP contribution in [0.3, 0.4) is 0 Å². The molecule has 3 aromatic carbocycles. The second-order valence-corrected chi connectivity index (χ2v) is 10.2. The van der Waals surface area contributed by atoms with Gasteiger partial charge in [0, 0.05) is 71.1 Å². The SMILES string of the molecule is CC(C)NC(=O)OC1CCn2c3ccccc3c3c4c(c5c6ccccc6n(c5c32)CC1)C(=O)NC4. The standard InChI is InChI=1S/C29H28N4O3/c1-16(2)31-29(35)36-17-11-13-32-21-9-5-3-7-18(21)23-20-15-30-28(34)25(20)24-19-8-4-6-10-22(19)33(14-12-17)27(24)26(23)32/h3-10,16-17H,11-15H2,1-2H3,(H,30,34)(H,31,35). The zero-order chi connectivity index (χ0) is 24.6. The Bertz CT molecular complexity index is 1730. The molecule has 0 bridgehead atoms. The van der Waals surface area contributed by atoms with Crippen LogP contribution in [0.4, 0.5) is 4.79 Å². The molecule has 182 valence electrons. The van der Waals surface area contributed by atoms with Crippen molar-refractivity contribution in [3.8, 4) is 0 Å². The number of carbonyl (C=O) groups excluding carboxylic acids is 2. The molecule has 2 aliphatic rings. The molecule has 0 saturated carbocycles. The van der Waals surface area contributed by atoms with Crippen molar-refractivity contribution in [1.29, 1.82) is 0 Å². The Morgan fingerprint density at radius 3 is 2.17 bits per heavy atom. The fourth-order valence-corrected chi connectivity index (χ4v) is 6.31. The number of ether oxygens (including phenoxy) is 1. The molecule has 4 heterocycles. The Balaban J connectivity index is 1.56. The van der Waals surface area contributed by atoms with Gasteiger partial charge in [-0.25, -0.2) is 4.79 Å². The minimum Gasteiger partial charge on any atom is -0.446 e. The molecule has 0 saturated heterocycles. The van der Waals surface area contributed by atoms with Crippen molar-refractivity contribution in [3.63, 3.8) is 0 Å². The van der Waals surface area contributed by atoms with E-state index in [9.17, 15) is 9.59 Å². The summed E-state index contributed by atoms with van der Waals surface area (Å²) in [5.41, 5.74) is 6.41. The molecule has 36 heavy (non-hydrogen) atoms. The van der Waals surface area contributed by atoms with Crippen LogP contribution in [0.5, 0.6) is 0 Å². The van der Waals surface area contributed by atoms with Crippen LogP contribution in [0, 0.1) is 0 Å². The van der Waals surface area contributed by atoms with E-state index >= 15 is 0 Å². The summed E-state index contributed by atoms with van der Waals surface area (Å²) in [6.07, 6.45) is 0.832. The lowest BCUT2D eigenvalue weighted by Crippen LogP contribution is -2.34. The number of alkyl carbamates (subject to hydrolysis) is 1. The summed E-state index contributed by atoms with van der Waals surface area (Å²) in [4.78, 5) is 25.7. The average molecular weight is 481 g/mol. The number of nitrogens with zero attached hydrogens (tertiary/aromatic N) is 2. The summed E-state index contributed by atoms with van der Waals surface area (Å²) in [5, 5.41) is 10.4. The van der Waals surface area contributed by atoms with Crippen molar-refractivity contribution in [2.45, 2.75) is 58.5 Å². The van der Waals surface area contributed by atoms with Crippen LogP contribution in [-0.2, 0) is 24.4 Å². The van der Waals surface area contributed by atoms with E-state index < -0.39 is 0 Å². The number of aryl methyl sites for hydroxylation is 2. The third kappa shape index (κ3) is 2.92. The van der Waals surface area contributed by atoms with E-state index in [4.69, 9.17) is 4.74 Å². The maximum Gasteiger partial charge on any atom is 0.407 e. The molecule has 0 aliphatic carbocycles. The number of hydrogen-bond donors (Lipinski definition) is 2. The molecule has 7 heteroatoms. The molecule has 7 nitrogen and oxygen atoms in total. The van der Waals surface area contributed by atoms with Crippen molar-refractivity contribution in [3.05, 3.63) is 59.7 Å². The molecule has 2 aliphatic heterocycles. The van der Waals surface area contributed by atoms with Crippen LogP contribution in [0.25, 0.3) is 43.6 Å². The van der Waals surface area contributed by atoms with Crippen LogP contribution in [0.1, 0.15) is 42.6 Å². The summed E-state index contributed by atoms with van der Waals surface area (Å²) in [6.45, 7) is 5.82. The van der Waals surface area contributed by atoms with Crippen LogP contribution in [-0.4, -0.2) is 33.3 Å². The molecule has 2 N–H and O–H groups in total. The molecule has 2 amide bonds. The van der Waals surface area contributed by atoms with E-state index in [1.807, 2.05) is 19.9 Å². The van der Waals surface area contributed by atoms with Gasteiger partial charge in [-0.05, 0) is 31.5 Å². The zero-order valence-electron chi connectivity index (χ0n) is 20.4. The van der Waals surface area contributed by atoms with Gasteiger partial charge in [-0.2, -0.15) is 0 Å². The number of rotatable bonds is 2. The van der Waals surface area contributed by atoms with Gasteiger partial charge in [0.15, 0.2) is 0 Å². The second kappa shape index (κ2) is 7.75. The van der Waals surface area contributed by atoms with Crippen LogP contribution < -0.4 is 10.6 Å². The zero-order valence-corrected chi connectivity index (χ0v) is 20.4. The first-order chi connectivity index (χ1) is 17.5. The molecule has 2 aromatic heterocycles. The highest BCUT2D eigenvalue weighted by Gasteiger charge is 2.33. The predicted octanol–water partition coefficient (Wildman–Crippen LogP) is 5.44. The predicted molar refractivity (Wildman–Crippen MR) is 141 cm³/mol. The maximum absolute atomic E-state index is 13.2. The van der Waals surface area contributed by atoms with Crippen LogP contribution >= 0.6 is 0 Å². The number of para-hydroxylation sites is 2. The van der Waals surface area contributed by atoms with Crippen molar-refractivity contribution in [2.24, 2.45) is 0 Å². The fourth-order valence-electron chi connectivity index (χ4n) is 6.31. The summed E-state index contributed by atoms with van der Waals surface area (Å²) < 4.78 is 10.6. The number of carbonyl (C=O) groups is 2. The summed E-state index contributed by atoms with van der Waals surface area (Å²) in [5.74, 6) is -0.00178. The first kappa shape index (κ1) is 21.3. The lowest BCUT2D eigenvalue weighted by atomic mass is 9.97. The number of benzene rings is 3. The maximum atomic E-state index is 13.2. The minimum atomic E-state index is -0.368. The summed E-state index contributed by atoms with van der Waals surface area (Å²) in [6, 6.07) is 16.8. The van der Waals surface area contributed by atoms with Gasteiger partial charge in [-0.1, -0.05) is 36.4 Å².